The maximum Gasteiger partial charge on any atom is 0.371 e. The van der Waals surface area contributed by atoms with Crippen LogP contribution in [0.1, 0.15) is 29.3 Å². The average Bonchev–Trinajstić information content (AvgIpc) is 2.94. The molecule has 106 valence electrons. The number of carboxylic acids is 1. The Labute approximate surface area is 117 Å². The lowest BCUT2D eigenvalue weighted by Gasteiger charge is -2.12. The second-order valence-electron chi connectivity index (χ2n) is 4.34. The highest BCUT2D eigenvalue weighted by Gasteiger charge is 2.13. The van der Waals surface area contributed by atoms with Gasteiger partial charge in [-0.2, -0.15) is 0 Å². The molecule has 0 fully saturated rings. The summed E-state index contributed by atoms with van der Waals surface area (Å²) in [6.07, 6.45) is 0. The van der Waals surface area contributed by atoms with Crippen LogP contribution in [0.25, 0.3) is 0 Å². The van der Waals surface area contributed by atoms with Crippen molar-refractivity contribution in [2.45, 2.75) is 13.0 Å². The van der Waals surface area contributed by atoms with Crippen molar-refractivity contribution < 1.29 is 19.1 Å². The summed E-state index contributed by atoms with van der Waals surface area (Å²) in [5.74, 6) is 0.320. The third-order valence-electron chi connectivity index (χ3n) is 2.83. The van der Waals surface area contributed by atoms with Crippen LogP contribution in [-0.4, -0.2) is 24.2 Å². The quantitative estimate of drug-likeness (QED) is 0.760. The van der Waals surface area contributed by atoms with Gasteiger partial charge in [-0.15, -0.1) is 0 Å². The molecule has 1 aromatic heterocycles. The Morgan fingerprint density at radius 1 is 1.30 bits per heavy atom. The summed E-state index contributed by atoms with van der Waals surface area (Å²) < 4.78 is 10.8. The third kappa shape index (κ3) is 3.86. The van der Waals surface area contributed by atoms with E-state index in [1.807, 2.05) is 37.3 Å². The number of carboxylic acid groups (broad SMARTS) is 1. The average molecular weight is 275 g/mol. The van der Waals surface area contributed by atoms with E-state index in [2.05, 4.69) is 5.32 Å². The van der Waals surface area contributed by atoms with E-state index < -0.39 is 5.97 Å². The van der Waals surface area contributed by atoms with Gasteiger partial charge in [0.25, 0.3) is 0 Å². The Bertz CT molecular complexity index is 550. The molecule has 0 saturated carbocycles. The summed E-state index contributed by atoms with van der Waals surface area (Å²) in [5, 5.41) is 12.0. The Balaban J connectivity index is 1.74. The van der Waals surface area contributed by atoms with Crippen molar-refractivity contribution in [1.29, 1.82) is 0 Å². The van der Waals surface area contributed by atoms with Crippen LogP contribution in [0.2, 0.25) is 0 Å². The van der Waals surface area contributed by atoms with Crippen molar-refractivity contribution in [1.82, 2.24) is 5.32 Å². The van der Waals surface area contributed by atoms with Crippen LogP contribution in [-0.2, 0) is 0 Å². The molecular formula is C15H17NO4. The highest BCUT2D eigenvalue weighted by Crippen LogP contribution is 2.16. The topological polar surface area (TPSA) is 71.7 Å². The summed E-state index contributed by atoms with van der Waals surface area (Å²) in [5.41, 5.74) is 0. The fourth-order valence-electron chi connectivity index (χ4n) is 1.76. The molecule has 2 rings (SSSR count). The van der Waals surface area contributed by atoms with Gasteiger partial charge in [0.05, 0.1) is 6.04 Å². The monoisotopic (exact) mass is 275 g/mol. The van der Waals surface area contributed by atoms with Crippen LogP contribution in [0.15, 0.2) is 46.9 Å². The van der Waals surface area contributed by atoms with Gasteiger partial charge in [0.2, 0.25) is 5.76 Å². The summed E-state index contributed by atoms with van der Waals surface area (Å²) >= 11 is 0. The molecule has 2 N–H and O–H groups in total. The van der Waals surface area contributed by atoms with E-state index in [4.69, 9.17) is 14.3 Å². The zero-order valence-electron chi connectivity index (χ0n) is 11.2. The molecule has 5 heteroatoms. The zero-order valence-corrected chi connectivity index (χ0v) is 11.2. The molecule has 1 unspecified atom stereocenters. The maximum atomic E-state index is 10.7. The van der Waals surface area contributed by atoms with E-state index in [9.17, 15) is 4.79 Å². The molecule has 5 nitrogen and oxygen atoms in total. The third-order valence-corrected chi connectivity index (χ3v) is 2.83. The lowest BCUT2D eigenvalue weighted by atomic mass is 10.2. The lowest BCUT2D eigenvalue weighted by Crippen LogP contribution is -2.24. The number of para-hydroxylation sites is 1. The summed E-state index contributed by atoms with van der Waals surface area (Å²) in [4.78, 5) is 10.7. The molecule has 20 heavy (non-hydrogen) atoms. The fourth-order valence-corrected chi connectivity index (χ4v) is 1.76. The van der Waals surface area contributed by atoms with Crippen LogP contribution in [0, 0.1) is 0 Å². The Morgan fingerprint density at radius 3 is 2.70 bits per heavy atom. The van der Waals surface area contributed by atoms with Gasteiger partial charge in [-0.25, -0.2) is 4.79 Å². The molecule has 0 aliphatic carbocycles. The van der Waals surface area contributed by atoms with Gasteiger partial charge < -0.3 is 19.6 Å². The van der Waals surface area contributed by atoms with Crippen molar-refractivity contribution in [3.8, 4) is 5.75 Å². The molecule has 2 aromatic rings. The van der Waals surface area contributed by atoms with Crippen molar-refractivity contribution in [2.24, 2.45) is 0 Å². The van der Waals surface area contributed by atoms with Crippen LogP contribution >= 0.6 is 0 Å². The van der Waals surface area contributed by atoms with Gasteiger partial charge in [-0.05, 0) is 31.2 Å². The summed E-state index contributed by atoms with van der Waals surface area (Å²) in [6.45, 7) is 3.08. The minimum absolute atomic E-state index is 0.0471. The molecule has 0 radical (unpaired) electrons. The van der Waals surface area contributed by atoms with Crippen molar-refractivity contribution in [3.05, 3.63) is 54.0 Å². The number of furan rings is 1. The van der Waals surface area contributed by atoms with Crippen molar-refractivity contribution >= 4 is 5.97 Å². The van der Waals surface area contributed by atoms with Gasteiger partial charge in [0.15, 0.2) is 0 Å². The van der Waals surface area contributed by atoms with E-state index in [0.717, 1.165) is 5.75 Å². The highest BCUT2D eigenvalue weighted by atomic mass is 16.5. The van der Waals surface area contributed by atoms with E-state index in [0.29, 0.717) is 18.9 Å². The number of nitrogens with one attached hydrogen (secondary N) is 1. The van der Waals surface area contributed by atoms with Gasteiger partial charge >= 0.3 is 5.97 Å². The first-order chi connectivity index (χ1) is 9.66. The summed E-state index contributed by atoms with van der Waals surface area (Å²) in [7, 11) is 0. The standard InChI is InChI=1S/C15H17NO4/c1-11(13-7-8-14(20-13)15(17)18)16-9-10-19-12-5-3-2-4-6-12/h2-8,11,16H,9-10H2,1H3,(H,17,18). The van der Waals surface area contributed by atoms with Crippen LogP contribution in [0.3, 0.4) is 0 Å². The van der Waals surface area contributed by atoms with Crippen LogP contribution in [0.4, 0.5) is 0 Å². The fraction of sp³-hybridized carbons (Fsp3) is 0.267. The van der Waals surface area contributed by atoms with Gasteiger partial charge in [-0.3, -0.25) is 0 Å². The normalized spacial score (nSPS) is 12.1. The molecule has 1 aromatic carbocycles. The first-order valence-corrected chi connectivity index (χ1v) is 6.41. The van der Waals surface area contributed by atoms with Crippen molar-refractivity contribution in [2.75, 3.05) is 13.2 Å². The van der Waals surface area contributed by atoms with Gasteiger partial charge in [0, 0.05) is 6.54 Å². The Morgan fingerprint density at radius 2 is 2.05 bits per heavy atom. The largest absolute Gasteiger partial charge is 0.492 e. The molecular weight excluding hydrogens is 258 g/mol. The summed E-state index contributed by atoms with van der Waals surface area (Å²) in [6, 6.07) is 12.6. The number of aromatic carboxylic acids is 1. The van der Waals surface area contributed by atoms with Crippen LogP contribution in [0.5, 0.6) is 5.75 Å². The van der Waals surface area contributed by atoms with Crippen molar-refractivity contribution in [3.63, 3.8) is 0 Å². The van der Waals surface area contributed by atoms with E-state index >= 15 is 0 Å². The first-order valence-electron chi connectivity index (χ1n) is 6.41. The number of ether oxygens (including phenoxy) is 1. The molecule has 1 atom stereocenters. The van der Waals surface area contributed by atoms with E-state index in [1.165, 1.54) is 6.07 Å². The first kappa shape index (κ1) is 14.1. The van der Waals surface area contributed by atoms with Gasteiger partial charge in [0.1, 0.15) is 18.1 Å². The highest BCUT2D eigenvalue weighted by molar-refractivity contribution is 5.84. The van der Waals surface area contributed by atoms with E-state index in [-0.39, 0.29) is 11.8 Å². The zero-order chi connectivity index (χ0) is 14.4. The second kappa shape index (κ2) is 6.77. The van der Waals surface area contributed by atoms with E-state index in [1.54, 1.807) is 6.07 Å². The number of rotatable bonds is 7. The minimum atomic E-state index is -1.06. The van der Waals surface area contributed by atoms with Crippen LogP contribution < -0.4 is 10.1 Å². The maximum absolute atomic E-state index is 10.7. The Hall–Kier alpha value is -2.27. The predicted molar refractivity (Wildman–Crippen MR) is 74.0 cm³/mol. The second-order valence-corrected chi connectivity index (χ2v) is 4.34. The predicted octanol–water partition coefficient (Wildman–Crippen LogP) is 2.71. The SMILES string of the molecule is CC(NCCOc1ccccc1)c1ccc(C(=O)O)o1. The molecule has 0 saturated heterocycles. The number of benzene rings is 1. The molecule has 0 aliphatic rings. The lowest BCUT2D eigenvalue weighted by molar-refractivity contribution is 0.0659. The minimum Gasteiger partial charge on any atom is -0.492 e. The Kier molecular flexibility index (Phi) is 4.79. The molecule has 0 spiro atoms. The molecule has 1 heterocycles. The molecule has 0 aliphatic heterocycles. The number of hydrogen-bond acceptors (Lipinski definition) is 4. The smallest absolute Gasteiger partial charge is 0.371 e. The molecule has 0 amide bonds. The molecule has 0 bridgehead atoms. The number of carbonyl (C=O) groups is 1. The number of hydrogen-bond donors (Lipinski definition) is 2. The van der Waals surface area contributed by atoms with Gasteiger partial charge in [-0.1, -0.05) is 18.2 Å².